The van der Waals surface area contributed by atoms with Crippen molar-refractivity contribution in [1.29, 1.82) is 0 Å². The molecule has 2 unspecified atom stereocenters. The van der Waals surface area contributed by atoms with E-state index in [1.807, 2.05) is 4.90 Å². The van der Waals surface area contributed by atoms with Gasteiger partial charge in [-0.2, -0.15) is 5.10 Å². The summed E-state index contributed by atoms with van der Waals surface area (Å²) in [6.07, 6.45) is 4.72. The van der Waals surface area contributed by atoms with Crippen LogP contribution in [0.1, 0.15) is 37.4 Å². The number of hydrogen-bond acceptors (Lipinski definition) is 4. The number of hydrogen-bond donors (Lipinski definition) is 1. The summed E-state index contributed by atoms with van der Waals surface area (Å²) in [6, 6.07) is 3.32. The number of anilines is 1. The van der Waals surface area contributed by atoms with Gasteiger partial charge in [-0.3, -0.25) is 0 Å². The molecule has 7 heteroatoms. The predicted octanol–water partition coefficient (Wildman–Crippen LogP) is 3.70. The number of piperidine rings is 1. The maximum Gasteiger partial charge on any atom is 0.322 e. The predicted molar refractivity (Wildman–Crippen MR) is 96.1 cm³/mol. The number of urea groups is 1. The van der Waals surface area contributed by atoms with Gasteiger partial charge >= 0.3 is 6.03 Å². The number of carbonyl (C=O) groups is 1. The zero-order chi connectivity index (χ0) is 18.4. The smallest absolute Gasteiger partial charge is 0.318 e. The maximum absolute atomic E-state index is 14.4. The average Bonchev–Trinajstić information content (AvgIpc) is 2.58. The molecule has 0 aliphatic carbocycles. The summed E-state index contributed by atoms with van der Waals surface area (Å²) in [5.41, 5.74) is 2.21. The third-order valence-corrected chi connectivity index (χ3v) is 5.39. The van der Waals surface area contributed by atoms with Crippen LogP contribution in [0.4, 0.5) is 14.9 Å². The third kappa shape index (κ3) is 2.91. The molecule has 2 amide bonds. The lowest BCUT2D eigenvalue weighted by atomic mass is 9.74. The molecule has 6 nitrogen and oxygen atoms in total. The summed E-state index contributed by atoms with van der Waals surface area (Å²) in [7, 11) is 0. The number of fused-ring (bicyclic) bond motifs is 2. The average molecular weight is 355 g/mol. The van der Waals surface area contributed by atoms with E-state index in [1.165, 1.54) is 6.07 Å². The first kappa shape index (κ1) is 16.9. The van der Waals surface area contributed by atoms with Crippen LogP contribution in [0, 0.1) is 25.6 Å². The van der Waals surface area contributed by atoms with E-state index in [0.29, 0.717) is 28.6 Å². The standard InChI is InChI=1S/C19H22FN5O/c1-10-4-13-7-14(5-10)25(13)19(26)22-17-8-15(11(2)6-16(17)20)18-21-9-12(3)23-24-18/h6,8-10,13-14H,4-5,7H2,1-3H3,(H,22,26)/t10?,13-,14?/m0/s1. The van der Waals surface area contributed by atoms with Crippen LogP contribution in [-0.2, 0) is 0 Å². The van der Waals surface area contributed by atoms with E-state index >= 15 is 0 Å². The van der Waals surface area contributed by atoms with Crippen LogP contribution < -0.4 is 5.32 Å². The number of nitrogens with zero attached hydrogens (tertiary/aromatic N) is 4. The molecule has 136 valence electrons. The first-order valence-electron chi connectivity index (χ1n) is 8.98. The van der Waals surface area contributed by atoms with Gasteiger partial charge in [0.05, 0.1) is 17.6 Å². The normalized spacial score (nSPS) is 24.2. The Labute approximate surface area is 151 Å². The third-order valence-electron chi connectivity index (χ3n) is 5.39. The second-order valence-corrected chi connectivity index (χ2v) is 7.53. The molecule has 26 heavy (non-hydrogen) atoms. The van der Waals surface area contributed by atoms with Crippen LogP contribution in [-0.4, -0.2) is 38.2 Å². The Balaban J connectivity index is 1.58. The molecule has 1 aromatic heterocycles. The van der Waals surface area contributed by atoms with E-state index in [0.717, 1.165) is 19.3 Å². The van der Waals surface area contributed by atoms with Gasteiger partial charge in [0.1, 0.15) is 5.82 Å². The second kappa shape index (κ2) is 6.30. The van der Waals surface area contributed by atoms with E-state index in [2.05, 4.69) is 27.4 Å². The van der Waals surface area contributed by atoms with Crippen molar-refractivity contribution < 1.29 is 9.18 Å². The molecular weight excluding hydrogens is 333 g/mol. The Hall–Kier alpha value is -2.57. The lowest BCUT2D eigenvalue weighted by Crippen LogP contribution is -2.63. The Kier molecular flexibility index (Phi) is 4.09. The lowest BCUT2D eigenvalue weighted by molar-refractivity contribution is -0.00603. The van der Waals surface area contributed by atoms with Crippen LogP contribution in [0.25, 0.3) is 11.4 Å². The molecule has 1 aromatic carbocycles. The first-order valence-corrected chi connectivity index (χ1v) is 8.98. The highest BCUT2D eigenvalue weighted by Gasteiger charge is 2.46. The first-order chi connectivity index (χ1) is 12.4. The molecular formula is C19H22FN5O. The minimum atomic E-state index is -0.460. The molecule has 2 aliphatic rings. The largest absolute Gasteiger partial charge is 0.322 e. The zero-order valence-corrected chi connectivity index (χ0v) is 15.2. The molecule has 0 spiro atoms. The molecule has 3 heterocycles. The van der Waals surface area contributed by atoms with Crippen molar-refractivity contribution in [3.63, 3.8) is 0 Å². The van der Waals surface area contributed by atoms with Gasteiger partial charge < -0.3 is 10.2 Å². The van der Waals surface area contributed by atoms with Crippen molar-refractivity contribution in [3.8, 4) is 11.4 Å². The topological polar surface area (TPSA) is 71.0 Å². The minimum Gasteiger partial charge on any atom is -0.318 e. The Morgan fingerprint density at radius 1 is 1.19 bits per heavy atom. The molecule has 2 bridgehead atoms. The summed E-state index contributed by atoms with van der Waals surface area (Å²) in [5.74, 6) is 0.605. The fraction of sp³-hybridized carbons (Fsp3) is 0.474. The van der Waals surface area contributed by atoms with Gasteiger partial charge in [-0.05, 0) is 56.7 Å². The Morgan fingerprint density at radius 3 is 2.58 bits per heavy atom. The number of halogens is 1. The van der Waals surface area contributed by atoms with Gasteiger partial charge in [0.2, 0.25) is 0 Å². The SMILES string of the molecule is Cc1cnc(-c2cc(NC(=O)N3C4CC(C)C[C@H]3C4)c(F)cc2C)nn1. The number of aromatic nitrogens is 3. The molecule has 1 N–H and O–H groups in total. The summed E-state index contributed by atoms with van der Waals surface area (Å²) < 4.78 is 14.4. The number of aryl methyl sites for hydroxylation is 2. The van der Waals surface area contributed by atoms with E-state index in [4.69, 9.17) is 0 Å². The number of nitrogens with one attached hydrogen (secondary N) is 1. The van der Waals surface area contributed by atoms with E-state index < -0.39 is 5.82 Å². The van der Waals surface area contributed by atoms with E-state index in [1.54, 1.807) is 26.1 Å². The highest BCUT2D eigenvalue weighted by atomic mass is 19.1. The van der Waals surface area contributed by atoms with Crippen molar-refractivity contribution in [1.82, 2.24) is 20.1 Å². The van der Waals surface area contributed by atoms with Crippen molar-refractivity contribution >= 4 is 11.7 Å². The van der Waals surface area contributed by atoms with E-state index in [9.17, 15) is 9.18 Å². The number of rotatable bonds is 2. The quantitative estimate of drug-likeness (QED) is 0.892. The van der Waals surface area contributed by atoms with Gasteiger partial charge in [-0.25, -0.2) is 14.2 Å². The monoisotopic (exact) mass is 355 g/mol. The molecule has 2 fully saturated rings. The summed E-state index contributed by atoms with van der Waals surface area (Å²) in [6.45, 7) is 5.81. The van der Waals surface area contributed by atoms with Crippen molar-refractivity contribution in [3.05, 3.63) is 35.4 Å². The molecule has 0 saturated carbocycles. The van der Waals surface area contributed by atoms with Gasteiger partial charge in [0.15, 0.2) is 5.82 Å². The van der Waals surface area contributed by atoms with Crippen LogP contribution in [0.3, 0.4) is 0 Å². The fourth-order valence-corrected chi connectivity index (χ4v) is 4.12. The highest BCUT2D eigenvalue weighted by molar-refractivity contribution is 5.91. The molecule has 2 aromatic rings. The molecule has 3 atom stereocenters. The highest BCUT2D eigenvalue weighted by Crippen LogP contribution is 2.41. The molecule has 0 radical (unpaired) electrons. The fourth-order valence-electron chi connectivity index (χ4n) is 4.12. The Morgan fingerprint density at radius 2 is 1.92 bits per heavy atom. The van der Waals surface area contributed by atoms with Gasteiger partial charge in [0.25, 0.3) is 0 Å². The van der Waals surface area contributed by atoms with Crippen LogP contribution in [0.2, 0.25) is 0 Å². The number of amides is 2. The van der Waals surface area contributed by atoms with Crippen molar-refractivity contribution in [2.24, 2.45) is 5.92 Å². The summed E-state index contributed by atoms with van der Waals surface area (Å²) >= 11 is 0. The summed E-state index contributed by atoms with van der Waals surface area (Å²) in [5, 5.41) is 10.8. The Bertz CT molecular complexity index is 842. The lowest BCUT2D eigenvalue weighted by Gasteiger charge is -2.54. The molecule has 2 aliphatic heterocycles. The minimum absolute atomic E-state index is 0.151. The van der Waals surface area contributed by atoms with Gasteiger partial charge in [0, 0.05) is 17.6 Å². The summed E-state index contributed by atoms with van der Waals surface area (Å²) in [4.78, 5) is 18.8. The van der Waals surface area contributed by atoms with Crippen LogP contribution in [0.15, 0.2) is 18.3 Å². The van der Waals surface area contributed by atoms with Crippen molar-refractivity contribution in [2.75, 3.05) is 5.32 Å². The second-order valence-electron chi connectivity index (χ2n) is 7.53. The molecule has 2 saturated heterocycles. The zero-order valence-electron chi connectivity index (χ0n) is 15.2. The van der Waals surface area contributed by atoms with E-state index in [-0.39, 0.29) is 23.8 Å². The van der Waals surface area contributed by atoms with Crippen LogP contribution >= 0.6 is 0 Å². The number of benzene rings is 1. The van der Waals surface area contributed by atoms with Crippen molar-refractivity contribution in [2.45, 2.75) is 52.1 Å². The van der Waals surface area contributed by atoms with Gasteiger partial charge in [-0.15, -0.1) is 5.10 Å². The van der Waals surface area contributed by atoms with Crippen LogP contribution in [0.5, 0.6) is 0 Å². The van der Waals surface area contributed by atoms with Gasteiger partial charge in [-0.1, -0.05) is 6.92 Å². The number of carbonyl (C=O) groups excluding carboxylic acids is 1. The molecule has 4 rings (SSSR count). The maximum atomic E-state index is 14.4.